The fourth-order valence-corrected chi connectivity index (χ4v) is 5.33. The first-order valence-electron chi connectivity index (χ1n) is 9.21. The second-order valence-electron chi connectivity index (χ2n) is 7.20. The third kappa shape index (κ3) is 4.15. The normalized spacial score (nSPS) is 15.0. The van der Waals surface area contributed by atoms with E-state index >= 15 is 0 Å². The zero-order valence-electron chi connectivity index (χ0n) is 15.9. The zero-order chi connectivity index (χ0) is 20.5. The van der Waals surface area contributed by atoms with Crippen molar-refractivity contribution in [2.75, 3.05) is 0 Å². The maximum atomic E-state index is 13.1. The summed E-state index contributed by atoms with van der Waals surface area (Å²) in [5.41, 5.74) is 0.207. The van der Waals surface area contributed by atoms with Gasteiger partial charge in [-0.1, -0.05) is 24.4 Å². The number of sulfone groups is 1. The lowest BCUT2D eigenvalue weighted by Crippen LogP contribution is -2.39. The van der Waals surface area contributed by atoms with E-state index in [1.165, 1.54) is 28.8 Å². The minimum atomic E-state index is -4.04. The van der Waals surface area contributed by atoms with Gasteiger partial charge in [0, 0.05) is 16.8 Å². The van der Waals surface area contributed by atoms with E-state index in [2.05, 4.69) is 5.32 Å². The number of carbonyl (C=O) groups excluding carboxylic acids is 1. The van der Waals surface area contributed by atoms with E-state index in [-0.39, 0.29) is 28.3 Å². The van der Waals surface area contributed by atoms with Gasteiger partial charge in [-0.2, -0.15) is 0 Å². The van der Waals surface area contributed by atoms with Crippen LogP contribution in [0.25, 0.3) is 0 Å². The molecule has 150 valence electrons. The second-order valence-corrected chi connectivity index (χ2v) is 9.52. The molecule has 28 heavy (non-hydrogen) atoms. The molecule has 0 aliphatic heterocycles. The molecule has 1 aromatic heterocycles. The fraction of sp³-hybridized carbons (Fsp3) is 0.400. The summed E-state index contributed by atoms with van der Waals surface area (Å²) in [6.07, 6.45) is 4.03. The summed E-state index contributed by atoms with van der Waals surface area (Å²) in [6.45, 7) is 3.07. The van der Waals surface area contributed by atoms with Crippen LogP contribution in [0.4, 0.5) is 0 Å². The topological polar surface area (TPSA) is 85.2 Å². The number of nitrogens with zero attached hydrogens (tertiary/aromatic N) is 1. The van der Waals surface area contributed by atoms with Gasteiger partial charge in [-0.05, 0) is 62.6 Å². The lowest BCUT2D eigenvalue weighted by Gasteiger charge is -2.16. The van der Waals surface area contributed by atoms with E-state index in [9.17, 15) is 18.0 Å². The van der Waals surface area contributed by atoms with Crippen LogP contribution in [0, 0.1) is 13.8 Å². The molecular weight excluding hydrogens is 400 g/mol. The van der Waals surface area contributed by atoms with E-state index in [0.29, 0.717) is 16.3 Å². The number of benzene rings is 1. The summed E-state index contributed by atoms with van der Waals surface area (Å²) in [6, 6.07) is 7.41. The van der Waals surface area contributed by atoms with Gasteiger partial charge in [-0.25, -0.2) is 8.42 Å². The van der Waals surface area contributed by atoms with Crippen molar-refractivity contribution in [1.82, 2.24) is 9.88 Å². The number of hydrogen-bond donors (Lipinski definition) is 1. The molecule has 1 amide bonds. The van der Waals surface area contributed by atoms with Crippen molar-refractivity contribution in [3.05, 3.63) is 57.0 Å². The molecule has 1 saturated carbocycles. The zero-order valence-corrected chi connectivity index (χ0v) is 17.4. The van der Waals surface area contributed by atoms with Crippen molar-refractivity contribution in [3.8, 4) is 0 Å². The van der Waals surface area contributed by atoms with Crippen LogP contribution in [0.1, 0.15) is 36.9 Å². The number of aromatic nitrogens is 1. The van der Waals surface area contributed by atoms with Gasteiger partial charge in [0.2, 0.25) is 15.7 Å². The van der Waals surface area contributed by atoms with Crippen LogP contribution in [0.2, 0.25) is 5.02 Å². The summed E-state index contributed by atoms with van der Waals surface area (Å²) in [5.74, 6) is -0.282. The van der Waals surface area contributed by atoms with E-state index in [0.717, 1.165) is 25.7 Å². The fourth-order valence-electron chi connectivity index (χ4n) is 3.65. The Balaban J connectivity index is 1.99. The quantitative estimate of drug-likeness (QED) is 0.802. The molecule has 0 saturated heterocycles. The number of pyridine rings is 1. The van der Waals surface area contributed by atoms with Crippen molar-refractivity contribution in [2.45, 2.75) is 61.9 Å². The number of carbonyl (C=O) groups is 1. The standard InChI is InChI=1S/C20H23ClN2O4S/c1-13-11-14(2)23(12-18(24)22-16-5-3-4-6-16)20(25)19(13)28(26,27)17-9-7-15(21)8-10-17/h7-11,16H,3-6,12H2,1-2H3,(H,22,24). The van der Waals surface area contributed by atoms with Crippen LogP contribution in [0.5, 0.6) is 0 Å². The van der Waals surface area contributed by atoms with Crippen molar-refractivity contribution in [1.29, 1.82) is 0 Å². The number of nitrogens with one attached hydrogen (secondary N) is 1. The molecule has 1 fully saturated rings. The average molecular weight is 423 g/mol. The Morgan fingerprint density at radius 1 is 1.18 bits per heavy atom. The first-order valence-corrected chi connectivity index (χ1v) is 11.1. The van der Waals surface area contributed by atoms with Gasteiger partial charge in [-0.3, -0.25) is 9.59 Å². The Hall–Kier alpha value is -2.12. The number of amides is 1. The van der Waals surface area contributed by atoms with Crippen LogP contribution in [-0.4, -0.2) is 24.9 Å². The molecule has 1 aromatic carbocycles. The summed E-state index contributed by atoms with van der Waals surface area (Å²) in [4.78, 5) is 25.1. The van der Waals surface area contributed by atoms with Crippen LogP contribution in [0.3, 0.4) is 0 Å². The maximum absolute atomic E-state index is 13.1. The molecule has 0 unspecified atom stereocenters. The van der Waals surface area contributed by atoms with E-state index in [4.69, 9.17) is 11.6 Å². The third-order valence-corrected chi connectivity index (χ3v) is 7.24. The van der Waals surface area contributed by atoms with Crippen molar-refractivity contribution in [2.24, 2.45) is 0 Å². The first kappa shape index (κ1) is 20.6. The average Bonchev–Trinajstić information content (AvgIpc) is 3.11. The second kappa shape index (κ2) is 8.09. The third-order valence-electron chi connectivity index (χ3n) is 5.06. The molecule has 0 bridgehead atoms. The Labute approximate surface area is 169 Å². The highest BCUT2D eigenvalue weighted by molar-refractivity contribution is 7.91. The van der Waals surface area contributed by atoms with Crippen LogP contribution in [-0.2, 0) is 21.2 Å². The molecule has 1 aliphatic rings. The highest BCUT2D eigenvalue weighted by Crippen LogP contribution is 2.23. The minimum Gasteiger partial charge on any atom is -0.352 e. The number of hydrogen-bond acceptors (Lipinski definition) is 4. The summed E-state index contributed by atoms with van der Waals surface area (Å²) < 4.78 is 27.3. The Kier molecular flexibility index (Phi) is 5.95. The van der Waals surface area contributed by atoms with Gasteiger partial charge >= 0.3 is 0 Å². The lowest BCUT2D eigenvalue weighted by molar-refractivity contribution is -0.122. The number of aryl methyl sites for hydroxylation is 2. The monoisotopic (exact) mass is 422 g/mol. The Morgan fingerprint density at radius 3 is 2.39 bits per heavy atom. The summed E-state index contributed by atoms with van der Waals surface area (Å²) >= 11 is 5.84. The van der Waals surface area contributed by atoms with Crippen molar-refractivity contribution >= 4 is 27.3 Å². The van der Waals surface area contributed by atoms with Gasteiger partial charge in [-0.15, -0.1) is 0 Å². The number of halogens is 1. The van der Waals surface area contributed by atoms with Gasteiger partial charge in [0.25, 0.3) is 5.56 Å². The molecule has 0 atom stereocenters. The predicted molar refractivity (Wildman–Crippen MR) is 107 cm³/mol. The summed E-state index contributed by atoms with van der Waals surface area (Å²) in [5, 5.41) is 3.33. The molecule has 3 rings (SSSR count). The molecule has 0 spiro atoms. The van der Waals surface area contributed by atoms with Crippen LogP contribution >= 0.6 is 11.6 Å². The summed E-state index contributed by atoms with van der Waals surface area (Å²) in [7, 11) is -4.04. The van der Waals surface area contributed by atoms with E-state index in [1.54, 1.807) is 19.9 Å². The maximum Gasteiger partial charge on any atom is 0.270 e. The van der Waals surface area contributed by atoms with Gasteiger partial charge < -0.3 is 9.88 Å². The van der Waals surface area contributed by atoms with Gasteiger partial charge in [0.15, 0.2) is 0 Å². The van der Waals surface area contributed by atoms with Crippen molar-refractivity contribution < 1.29 is 13.2 Å². The molecule has 1 N–H and O–H groups in total. The van der Waals surface area contributed by atoms with E-state index < -0.39 is 15.4 Å². The number of rotatable bonds is 5. The van der Waals surface area contributed by atoms with Crippen LogP contribution < -0.4 is 10.9 Å². The molecule has 2 aromatic rings. The molecule has 6 nitrogen and oxygen atoms in total. The lowest BCUT2D eigenvalue weighted by atomic mass is 10.2. The highest BCUT2D eigenvalue weighted by Gasteiger charge is 2.26. The van der Waals surface area contributed by atoms with E-state index in [1.807, 2.05) is 0 Å². The molecule has 8 heteroatoms. The van der Waals surface area contributed by atoms with Crippen LogP contribution in [0.15, 0.2) is 44.9 Å². The predicted octanol–water partition coefficient (Wildman–Crippen LogP) is 3.01. The Bertz CT molecular complexity index is 1050. The molecule has 0 radical (unpaired) electrons. The van der Waals surface area contributed by atoms with Gasteiger partial charge in [0.05, 0.1) is 4.90 Å². The van der Waals surface area contributed by atoms with Gasteiger partial charge in [0.1, 0.15) is 11.4 Å². The SMILES string of the molecule is Cc1cc(C)n(CC(=O)NC2CCCC2)c(=O)c1S(=O)(=O)c1ccc(Cl)cc1. The van der Waals surface area contributed by atoms with Crippen molar-refractivity contribution in [3.63, 3.8) is 0 Å². The Morgan fingerprint density at radius 2 is 1.79 bits per heavy atom. The molecule has 1 aliphatic carbocycles. The first-order chi connectivity index (χ1) is 13.2. The smallest absolute Gasteiger partial charge is 0.270 e. The largest absolute Gasteiger partial charge is 0.352 e. The molecule has 1 heterocycles. The highest BCUT2D eigenvalue weighted by atomic mass is 35.5. The minimum absolute atomic E-state index is 0.0112. The molecular formula is C20H23ClN2O4S.